The Balaban J connectivity index is 0.00000163. The number of nitrogens with two attached hydrogens (primary N) is 3. The molecule has 2 radical (unpaired) electrons. The first-order valence-corrected chi connectivity index (χ1v) is 20.8. The standard InChI is InChI=1S/C27H48N2O7.C6H14NO.C2H5.Sn/c1-24(2,9-13-28)33-15-11-26(5,6)35-21-18-19(23(31)32)17-20(30)22(21)36-27(7,8)12-16-34-25(3,4)10-14-29;1-6(2,8-3)4-5-7;1-2;/h17-18,30H,9-16,28-29H2,1-8H3,(H,31,32);3-5,7H2,1-2H3;1H2,2H3;. The minimum atomic E-state index is -1.18. The number of rotatable bonds is 23. The minimum absolute atomic E-state index is 0.0186. The Morgan fingerprint density at radius 3 is 1.51 bits per heavy atom. The Morgan fingerprint density at radius 2 is 1.11 bits per heavy atom. The second-order valence-electron chi connectivity index (χ2n) is 14.8. The third-order valence-corrected chi connectivity index (χ3v) is 9.92. The second kappa shape index (κ2) is 21.0. The van der Waals surface area contributed by atoms with E-state index in [0.29, 0.717) is 39.1 Å². The van der Waals surface area contributed by atoms with Crippen molar-refractivity contribution in [3.05, 3.63) is 17.7 Å². The molecule has 0 fully saturated rings. The van der Waals surface area contributed by atoms with E-state index in [0.717, 1.165) is 36.5 Å². The predicted octanol–water partition coefficient (Wildman–Crippen LogP) is 5.70. The van der Waals surface area contributed by atoms with Gasteiger partial charge in [0.25, 0.3) is 0 Å². The van der Waals surface area contributed by atoms with E-state index in [4.69, 9.17) is 40.9 Å². The number of carboxylic acid groups (broad SMARTS) is 1. The van der Waals surface area contributed by atoms with Crippen LogP contribution in [-0.2, 0) is 14.2 Å². The van der Waals surface area contributed by atoms with Crippen LogP contribution >= 0.6 is 0 Å². The molecule has 0 atom stereocenters. The summed E-state index contributed by atoms with van der Waals surface area (Å²) >= 11 is -0.181. The summed E-state index contributed by atoms with van der Waals surface area (Å²) in [4.78, 5) is 11.6. The maximum atomic E-state index is 11.6. The Kier molecular flexibility index (Phi) is 20.4. The molecule has 0 aliphatic heterocycles. The number of ether oxygens (including phenoxy) is 5. The molecule has 0 amide bonds. The van der Waals surface area contributed by atoms with E-state index in [1.165, 1.54) is 10.5 Å². The normalized spacial score (nSPS) is 12.8. The van der Waals surface area contributed by atoms with Gasteiger partial charge in [-0.1, -0.05) is 0 Å². The van der Waals surface area contributed by atoms with Crippen LogP contribution in [0.5, 0.6) is 17.2 Å². The van der Waals surface area contributed by atoms with Gasteiger partial charge in [0, 0.05) is 12.8 Å². The topological polar surface area (TPSA) is 182 Å². The maximum absolute atomic E-state index is 11.6. The fourth-order valence-corrected chi connectivity index (χ4v) is 6.31. The van der Waals surface area contributed by atoms with Gasteiger partial charge < -0.3 is 40.6 Å². The number of phenolic OH excluding ortho intramolecular Hbond substituents is 1. The SMILES string of the molecule is CC(C)(CCN)OCCC(C)(C)Oc1cc(C(=O)O)cc(O)c1OC(C)(C)CCOC(C)(C)CCN.C[CH2][Sn][CH2]OC(C)(C)CCN. The van der Waals surface area contributed by atoms with Crippen LogP contribution in [0.15, 0.2) is 12.1 Å². The Labute approximate surface area is 295 Å². The van der Waals surface area contributed by atoms with Crippen molar-refractivity contribution in [1.82, 2.24) is 0 Å². The molecule has 0 unspecified atom stereocenters. The Morgan fingerprint density at radius 1 is 0.681 bits per heavy atom. The van der Waals surface area contributed by atoms with Crippen molar-refractivity contribution in [2.45, 2.75) is 141 Å². The summed E-state index contributed by atoms with van der Waals surface area (Å²) in [7, 11) is 0. The molecule has 11 nitrogen and oxygen atoms in total. The number of phenols is 1. The van der Waals surface area contributed by atoms with Crippen molar-refractivity contribution < 1.29 is 38.7 Å². The molecular weight excluding hydrogens is 709 g/mol. The van der Waals surface area contributed by atoms with Gasteiger partial charge >= 0.3 is 86.0 Å². The molecule has 0 saturated carbocycles. The van der Waals surface area contributed by atoms with Gasteiger partial charge in [0.15, 0.2) is 11.5 Å². The van der Waals surface area contributed by atoms with E-state index in [1.807, 2.05) is 55.4 Å². The molecule has 274 valence electrons. The van der Waals surface area contributed by atoms with Crippen LogP contribution in [-0.4, -0.2) is 103 Å². The number of carboxylic acids is 1. The molecular formula is C35H67N3O8Sn. The van der Waals surface area contributed by atoms with Gasteiger partial charge in [-0.3, -0.25) is 0 Å². The van der Waals surface area contributed by atoms with E-state index in [2.05, 4.69) is 20.8 Å². The number of carbonyl (C=O) groups is 1. The number of hydrogen-bond acceptors (Lipinski definition) is 10. The number of aromatic hydroxyl groups is 1. The molecule has 0 spiro atoms. The first-order chi connectivity index (χ1) is 21.5. The first-order valence-electron chi connectivity index (χ1n) is 16.8. The molecule has 1 aromatic rings. The number of aromatic carboxylic acids is 1. The zero-order valence-electron chi connectivity index (χ0n) is 31.2. The van der Waals surface area contributed by atoms with Gasteiger partial charge in [-0.25, -0.2) is 4.79 Å². The number of benzene rings is 1. The van der Waals surface area contributed by atoms with Crippen molar-refractivity contribution in [2.24, 2.45) is 17.2 Å². The molecule has 0 bridgehead atoms. The molecule has 8 N–H and O–H groups in total. The van der Waals surface area contributed by atoms with Gasteiger partial charge in [-0.2, -0.15) is 0 Å². The summed E-state index contributed by atoms with van der Waals surface area (Å²) in [5.41, 5.74) is 14.5. The Hall–Kier alpha value is -1.35. The predicted molar refractivity (Wildman–Crippen MR) is 191 cm³/mol. The first kappa shape index (κ1) is 45.6. The zero-order valence-corrected chi connectivity index (χ0v) is 34.1. The summed E-state index contributed by atoms with van der Waals surface area (Å²) in [6.45, 7) is 24.5. The van der Waals surface area contributed by atoms with E-state index < -0.39 is 17.2 Å². The summed E-state index contributed by atoms with van der Waals surface area (Å²) < 4.78 is 32.5. The second-order valence-corrected chi connectivity index (χ2v) is 19.1. The van der Waals surface area contributed by atoms with Crippen LogP contribution < -0.4 is 26.7 Å². The molecule has 0 aliphatic rings. The van der Waals surface area contributed by atoms with Gasteiger partial charge in [0.2, 0.25) is 5.75 Å². The fourth-order valence-electron chi connectivity index (χ4n) is 4.32. The fraction of sp³-hybridized carbons (Fsp3) is 0.800. The molecule has 0 heterocycles. The van der Waals surface area contributed by atoms with Crippen LogP contribution in [0, 0.1) is 0 Å². The summed E-state index contributed by atoms with van der Waals surface area (Å²) in [5.74, 6) is -1.25. The van der Waals surface area contributed by atoms with E-state index in [-0.39, 0.29) is 60.8 Å². The average molecular weight is 777 g/mol. The average Bonchev–Trinajstić information content (AvgIpc) is 2.90. The van der Waals surface area contributed by atoms with Crippen molar-refractivity contribution >= 4 is 27.1 Å². The number of hydrogen-bond donors (Lipinski definition) is 5. The van der Waals surface area contributed by atoms with Crippen molar-refractivity contribution in [1.29, 1.82) is 0 Å². The van der Waals surface area contributed by atoms with Crippen LogP contribution in [0.4, 0.5) is 0 Å². The Bertz CT molecular complexity index is 1050. The van der Waals surface area contributed by atoms with Crippen molar-refractivity contribution in [3.63, 3.8) is 0 Å². The van der Waals surface area contributed by atoms with E-state index in [9.17, 15) is 15.0 Å². The quantitative estimate of drug-likeness (QED) is 0.0679. The molecule has 12 heteroatoms. The van der Waals surface area contributed by atoms with Crippen molar-refractivity contribution in [3.8, 4) is 17.2 Å². The van der Waals surface area contributed by atoms with Crippen molar-refractivity contribution in [2.75, 3.05) is 37.5 Å². The summed E-state index contributed by atoms with van der Waals surface area (Å²) in [5, 5.41) is 20.2. The van der Waals surface area contributed by atoms with Gasteiger partial charge in [-0.15, -0.1) is 0 Å². The summed E-state index contributed by atoms with van der Waals surface area (Å²) in [6.07, 6.45) is 3.46. The van der Waals surface area contributed by atoms with Gasteiger partial charge in [-0.05, 0) is 93.5 Å². The van der Waals surface area contributed by atoms with Crippen LogP contribution in [0.3, 0.4) is 0 Å². The molecule has 0 saturated heterocycles. The summed E-state index contributed by atoms with van der Waals surface area (Å²) in [6, 6.07) is 2.53. The van der Waals surface area contributed by atoms with Gasteiger partial charge in [0.05, 0.1) is 30.0 Å². The van der Waals surface area contributed by atoms with Crippen LogP contribution in [0.25, 0.3) is 0 Å². The van der Waals surface area contributed by atoms with E-state index in [1.54, 1.807) is 0 Å². The zero-order chi connectivity index (χ0) is 36.5. The van der Waals surface area contributed by atoms with E-state index >= 15 is 0 Å². The third kappa shape index (κ3) is 20.7. The molecule has 0 aromatic heterocycles. The monoisotopic (exact) mass is 777 g/mol. The van der Waals surface area contributed by atoms with Crippen LogP contribution in [0.1, 0.15) is 119 Å². The molecule has 47 heavy (non-hydrogen) atoms. The molecule has 1 aromatic carbocycles. The molecule has 1 rings (SSSR count). The van der Waals surface area contributed by atoms with Gasteiger partial charge in [0.1, 0.15) is 11.2 Å². The third-order valence-electron chi connectivity index (χ3n) is 7.49. The molecule has 0 aliphatic carbocycles. The van der Waals surface area contributed by atoms with Crippen LogP contribution in [0.2, 0.25) is 4.44 Å².